The van der Waals surface area contributed by atoms with Crippen molar-refractivity contribution in [2.75, 3.05) is 11.9 Å². The van der Waals surface area contributed by atoms with Crippen molar-refractivity contribution in [1.29, 1.82) is 5.26 Å². The van der Waals surface area contributed by atoms with Crippen LogP contribution in [0.5, 0.6) is 0 Å². The largest absolute Gasteiger partial charge is 0.463 e. The second-order valence-electron chi connectivity index (χ2n) is 9.34. The lowest BCUT2D eigenvalue weighted by Gasteiger charge is -2.23. The second-order valence-corrected chi connectivity index (χ2v) is 9.34. The molecule has 41 heavy (non-hydrogen) atoms. The van der Waals surface area contributed by atoms with Crippen LogP contribution < -0.4 is 5.32 Å². The SMILES string of the molecule is CC(=O)OCC1OC(n2cnc3c(NCc4cccc5ccccc45)nc(C#N)nc32)C(OC(C)=O)C1OC(C)=O. The Hall–Kier alpha value is -5.09. The highest BCUT2D eigenvalue weighted by molar-refractivity contribution is 5.87. The molecule has 2 aromatic heterocycles. The summed E-state index contributed by atoms with van der Waals surface area (Å²) in [5.41, 5.74) is 1.56. The molecule has 0 aliphatic carbocycles. The van der Waals surface area contributed by atoms with E-state index in [1.165, 1.54) is 31.7 Å². The Labute approximate surface area is 234 Å². The maximum absolute atomic E-state index is 12.0. The quantitative estimate of drug-likeness (QED) is 0.248. The lowest BCUT2D eigenvalue weighted by atomic mass is 10.0. The molecule has 0 bridgehead atoms. The Kier molecular flexibility index (Phi) is 7.75. The van der Waals surface area contributed by atoms with Crippen LogP contribution in [-0.2, 0) is 39.9 Å². The van der Waals surface area contributed by atoms with E-state index in [0.717, 1.165) is 16.3 Å². The molecule has 0 spiro atoms. The van der Waals surface area contributed by atoms with E-state index in [1.807, 2.05) is 48.5 Å². The summed E-state index contributed by atoms with van der Waals surface area (Å²) < 4.78 is 23.6. The molecule has 4 unspecified atom stereocenters. The van der Waals surface area contributed by atoms with Crippen LogP contribution in [-0.4, -0.2) is 62.3 Å². The maximum atomic E-state index is 12.0. The third-order valence-corrected chi connectivity index (χ3v) is 6.46. The van der Waals surface area contributed by atoms with E-state index in [2.05, 4.69) is 20.3 Å². The number of imidazole rings is 1. The molecule has 3 heterocycles. The summed E-state index contributed by atoms with van der Waals surface area (Å²) >= 11 is 0. The molecular weight excluding hydrogens is 532 g/mol. The van der Waals surface area contributed by atoms with Crippen LogP contribution in [0.3, 0.4) is 0 Å². The highest BCUT2D eigenvalue weighted by atomic mass is 16.7. The maximum Gasteiger partial charge on any atom is 0.303 e. The van der Waals surface area contributed by atoms with E-state index >= 15 is 0 Å². The number of nitriles is 1. The van der Waals surface area contributed by atoms with E-state index in [9.17, 15) is 19.6 Å². The van der Waals surface area contributed by atoms with Crippen LogP contribution in [0.4, 0.5) is 5.82 Å². The lowest BCUT2D eigenvalue weighted by Crippen LogP contribution is -2.40. The summed E-state index contributed by atoms with van der Waals surface area (Å²) in [6, 6.07) is 15.9. The van der Waals surface area contributed by atoms with Crippen molar-refractivity contribution < 1.29 is 33.3 Å². The fraction of sp³-hybridized carbons (Fsp3) is 0.321. The Bertz CT molecular complexity index is 1670. The first-order valence-corrected chi connectivity index (χ1v) is 12.7. The first-order chi connectivity index (χ1) is 19.7. The highest BCUT2D eigenvalue weighted by Gasteiger charge is 2.51. The number of fused-ring (bicyclic) bond motifs is 2. The summed E-state index contributed by atoms with van der Waals surface area (Å²) in [6.45, 7) is 3.77. The monoisotopic (exact) mass is 558 g/mol. The van der Waals surface area contributed by atoms with Gasteiger partial charge in [0, 0.05) is 27.3 Å². The molecule has 0 radical (unpaired) electrons. The molecule has 210 valence electrons. The van der Waals surface area contributed by atoms with Gasteiger partial charge in [0.2, 0.25) is 5.82 Å². The van der Waals surface area contributed by atoms with Crippen LogP contribution in [0, 0.1) is 11.3 Å². The molecule has 2 aromatic carbocycles. The number of hydrogen-bond acceptors (Lipinski definition) is 12. The van der Waals surface area contributed by atoms with E-state index in [0.29, 0.717) is 17.9 Å². The van der Waals surface area contributed by atoms with E-state index in [4.69, 9.17) is 18.9 Å². The van der Waals surface area contributed by atoms with E-state index < -0.39 is 42.4 Å². The van der Waals surface area contributed by atoms with Crippen molar-refractivity contribution in [2.45, 2.75) is 51.9 Å². The van der Waals surface area contributed by atoms with Gasteiger partial charge in [-0.3, -0.25) is 19.0 Å². The number of carbonyl (C=O) groups is 3. The van der Waals surface area contributed by atoms with Gasteiger partial charge in [0.05, 0.1) is 6.33 Å². The van der Waals surface area contributed by atoms with Gasteiger partial charge >= 0.3 is 17.9 Å². The zero-order valence-corrected chi connectivity index (χ0v) is 22.4. The number of carbonyl (C=O) groups excluding carboxylic acids is 3. The molecule has 1 saturated heterocycles. The molecule has 0 saturated carbocycles. The van der Waals surface area contributed by atoms with Gasteiger partial charge in [0.1, 0.15) is 18.8 Å². The van der Waals surface area contributed by atoms with Crippen LogP contribution >= 0.6 is 0 Å². The molecule has 4 aromatic rings. The first kappa shape index (κ1) is 27.5. The molecule has 1 N–H and O–H groups in total. The third-order valence-electron chi connectivity index (χ3n) is 6.46. The number of rotatable bonds is 8. The number of ether oxygens (including phenoxy) is 4. The zero-order valence-electron chi connectivity index (χ0n) is 22.4. The highest BCUT2D eigenvalue weighted by Crippen LogP contribution is 2.36. The fourth-order valence-corrected chi connectivity index (χ4v) is 4.82. The summed E-state index contributed by atoms with van der Waals surface area (Å²) in [7, 11) is 0. The normalized spacial score (nSPS) is 20.0. The van der Waals surface area contributed by atoms with Gasteiger partial charge in [0.15, 0.2) is 35.4 Å². The lowest BCUT2D eigenvalue weighted by molar-refractivity contribution is -0.166. The molecule has 4 atom stereocenters. The van der Waals surface area contributed by atoms with E-state index in [1.54, 1.807) is 0 Å². The van der Waals surface area contributed by atoms with Crippen molar-refractivity contribution in [3.05, 3.63) is 60.2 Å². The van der Waals surface area contributed by atoms with Gasteiger partial charge in [0.25, 0.3) is 0 Å². The Morgan fingerprint density at radius 1 is 1.00 bits per heavy atom. The number of benzene rings is 2. The van der Waals surface area contributed by atoms with Crippen molar-refractivity contribution in [1.82, 2.24) is 19.5 Å². The van der Waals surface area contributed by atoms with Crippen LogP contribution in [0.2, 0.25) is 0 Å². The minimum Gasteiger partial charge on any atom is -0.463 e. The molecule has 1 fully saturated rings. The molecule has 13 nitrogen and oxygen atoms in total. The van der Waals surface area contributed by atoms with Gasteiger partial charge in [-0.2, -0.15) is 15.2 Å². The van der Waals surface area contributed by atoms with Gasteiger partial charge < -0.3 is 24.3 Å². The van der Waals surface area contributed by atoms with Gasteiger partial charge in [-0.25, -0.2) is 4.98 Å². The minimum atomic E-state index is -1.14. The molecule has 5 rings (SSSR count). The van der Waals surface area contributed by atoms with Crippen molar-refractivity contribution >= 4 is 45.7 Å². The number of anilines is 1. The number of hydrogen-bond donors (Lipinski definition) is 1. The van der Waals surface area contributed by atoms with Gasteiger partial charge in [-0.1, -0.05) is 42.5 Å². The standard InChI is InChI=1S/C28H26N6O7/c1-15(35)38-13-21-24(39-16(2)36)25(40-17(3)37)28(41-21)34-14-31-23-26(32-22(11-29)33-27(23)34)30-12-19-9-6-8-18-7-4-5-10-20(18)19/h4-10,14,21,24-25,28H,12-13H2,1-3H3,(H,30,32,33). The van der Waals surface area contributed by atoms with Crippen molar-refractivity contribution in [3.63, 3.8) is 0 Å². The molecule has 13 heteroatoms. The fourth-order valence-electron chi connectivity index (χ4n) is 4.82. The minimum absolute atomic E-state index is 0.130. The zero-order chi connectivity index (χ0) is 29.1. The second kappa shape index (κ2) is 11.6. The number of aromatic nitrogens is 4. The number of esters is 3. The molecule has 1 aliphatic rings. The van der Waals surface area contributed by atoms with Crippen molar-refractivity contribution in [3.8, 4) is 6.07 Å². The van der Waals surface area contributed by atoms with Crippen LogP contribution in [0.25, 0.3) is 21.9 Å². The van der Waals surface area contributed by atoms with Crippen LogP contribution in [0.1, 0.15) is 38.4 Å². The van der Waals surface area contributed by atoms with Crippen molar-refractivity contribution in [2.24, 2.45) is 0 Å². The smallest absolute Gasteiger partial charge is 0.303 e. The summed E-state index contributed by atoms with van der Waals surface area (Å²) in [6.07, 6.45) is -2.87. The first-order valence-electron chi connectivity index (χ1n) is 12.7. The molecular formula is C28H26N6O7. The average Bonchev–Trinajstić information content (AvgIpc) is 3.51. The summed E-state index contributed by atoms with van der Waals surface area (Å²) in [5, 5.41) is 15.1. The average molecular weight is 559 g/mol. The third kappa shape index (κ3) is 5.78. The van der Waals surface area contributed by atoms with Gasteiger partial charge in [-0.15, -0.1) is 0 Å². The predicted molar refractivity (Wildman–Crippen MR) is 143 cm³/mol. The molecule has 1 aliphatic heterocycles. The van der Waals surface area contributed by atoms with Gasteiger partial charge in [-0.05, 0) is 16.3 Å². The van der Waals surface area contributed by atoms with E-state index in [-0.39, 0.29) is 18.1 Å². The Morgan fingerprint density at radius 3 is 2.46 bits per heavy atom. The topological polar surface area (TPSA) is 168 Å². The Balaban J connectivity index is 1.52. The Morgan fingerprint density at radius 2 is 1.73 bits per heavy atom. The summed E-state index contributed by atoms with van der Waals surface area (Å²) in [4.78, 5) is 48.6. The predicted octanol–water partition coefficient (Wildman–Crippen LogP) is 2.79. The number of nitrogens with one attached hydrogen (secondary N) is 1. The molecule has 0 amide bonds. The summed E-state index contributed by atoms with van der Waals surface area (Å²) in [5.74, 6) is -1.68. The number of nitrogens with zero attached hydrogens (tertiary/aromatic N) is 5. The van der Waals surface area contributed by atoms with Crippen LogP contribution in [0.15, 0.2) is 48.8 Å².